The topological polar surface area (TPSA) is 44.9 Å². The molecule has 0 atom stereocenters. The number of aryl methyl sites for hydroxylation is 2. The van der Waals surface area contributed by atoms with E-state index in [0.29, 0.717) is 29.2 Å². The molecule has 0 bridgehead atoms. The van der Waals surface area contributed by atoms with Crippen molar-refractivity contribution in [2.75, 3.05) is 0 Å². The zero-order valence-electron chi connectivity index (χ0n) is 30.3. The molecule has 0 radical (unpaired) electrons. The zero-order valence-corrected chi connectivity index (χ0v) is 31.8. The van der Waals surface area contributed by atoms with Crippen molar-refractivity contribution in [1.82, 2.24) is 19.3 Å². The SMILES string of the molecule is Cc1cccc(C)c1-c1c(C2CCCCC2)nn(-c2[c-]c(Oc3[c-]c4c(cc3)c3ccccc3n4-c3cc(F)ccn3)ccc2)c1C1CCCCC1.[Pd+2]. The molecule has 5 nitrogen and oxygen atoms in total. The van der Waals surface area contributed by atoms with Crippen molar-refractivity contribution in [1.29, 1.82) is 0 Å². The molecule has 2 fully saturated rings. The van der Waals surface area contributed by atoms with Gasteiger partial charge < -0.3 is 9.30 Å². The fourth-order valence-corrected chi connectivity index (χ4v) is 8.94. The van der Waals surface area contributed by atoms with Crippen molar-refractivity contribution in [2.24, 2.45) is 0 Å². The summed E-state index contributed by atoms with van der Waals surface area (Å²) in [6.07, 6.45) is 13.8. The first-order chi connectivity index (χ1) is 25.5. The first kappa shape index (κ1) is 35.5. The van der Waals surface area contributed by atoms with E-state index in [2.05, 4.69) is 66.0 Å². The number of hydrogen-bond acceptors (Lipinski definition) is 3. The van der Waals surface area contributed by atoms with Crippen LogP contribution >= 0.6 is 0 Å². The van der Waals surface area contributed by atoms with Crippen LogP contribution in [0.25, 0.3) is 44.4 Å². The molecule has 9 rings (SSSR count). The first-order valence-corrected chi connectivity index (χ1v) is 19.0. The summed E-state index contributed by atoms with van der Waals surface area (Å²) in [7, 11) is 0. The summed E-state index contributed by atoms with van der Waals surface area (Å²) in [6.45, 7) is 4.51. The molecule has 0 saturated heterocycles. The number of ether oxygens (including phenoxy) is 1. The van der Waals surface area contributed by atoms with Gasteiger partial charge in [-0.25, -0.2) is 9.37 Å². The smallest absolute Gasteiger partial charge is 0.509 e. The van der Waals surface area contributed by atoms with Crippen LogP contribution in [0.15, 0.2) is 91.1 Å². The van der Waals surface area contributed by atoms with Gasteiger partial charge in [-0.05, 0) is 79.4 Å². The maximum atomic E-state index is 14.4. The Hall–Kier alpha value is -4.57. The van der Waals surface area contributed by atoms with Gasteiger partial charge in [-0.3, -0.25) is 4.68 Å². The Kier molecular flexibility index (Phi) is 10.1. The summed E-state index contributed by atoms with van der Waals surface area (Å²) in [5.74, 6) is 2.18. The van der Waals surface area contributed by atoms with E-state index in [0.717, 1.165) is 27.5 Å². The fraction of sp³-hybridized carbons (Fsp3) is 0.304. The minimum absolute atomic E-state index is 0. The van der Waals surface area contributed by atoms with Gasteiger partial charge in [0.15, 0.2) is 0 Å². The number of para-hydroxylation sites is 1. The van der Waals surface area contributed by atoms with Crippen LogP contribution in [-0.2, 0) is 20.4 Å². The number of rotatable bonds is 7. The van der Waals surface area contributed by atoms with Gasteiger partial charge >= 0.3 is 20.4 Å². The van der Waals surface area contributed by atoms with Crippen molar-refractivity contribution in [3.8, 4) is 34.1 Å². The number of benzene rings is 4. The Morgan fingerprint density at radius 3 is 2.15 bits per heavy atom. The second-order valence-electron chi connectivity index (χ2n) is 14.8. The molecule has 7 aromatic rings. The van der Waals surface area contributed by atoms with Crippen molar-refractivity contribution in [3.63, 3.8) is 0 Å². The van der Waals surface area contributed by atoms with Crippen molar-refractivity contribution >= 4 is 21.8 Å². The predicted octanol–water partition coefficient (Wildman–Crippen LogP) is 12.3. The standard InChI is InChI=1S/C46H43FN4O.Pd/c1-30-13-11-14-31(2)43(30)44-45(32-15-5-3-6-16-32)49-51(46(44)33-17-7-4-8-18-33)35-19-12-20-36(28-35)52-37-23-24-39-38-21-9-10-22-40(38)50(41(39)29-37)42-27-34(47)25-26-48-42;/h9-14,19-27,32-33H,3-8,15-18H2,1-2H3;/q-2;+2. The van der Waals surface area contributed by atoms with Crippen LogP contribution in [0.5, 0.6) is 11.5 Å². The average Bonchev–Trinajstić information content (AvgIpc) is 3.72. The minimum atomic E-state index is -0.339. The molecule has 7 heteroatoms. The summed E-state index contributed by atoms with van der Waals surface area (Å²) < 4.78 is 25.2. The first-order valence-electron chi connectivity index (χ1n) is 19.0. The van der Waals surface area contributed by atoms with E-state index in [1.165, 1.54) is 116 Å². The maximum absolute atomic E-state index is 14.4. The van der Waals surface area contributed by atoms with Gasteiger partial charge in [-0.1, -0.05) is 80.4 Å². The van der Waals surface area contributed by atoms with Crippen LogP contribution in [0.3, 0.4) is 0 Å². The molecule has 0 N–H and O–H groups in total. The quantitative estimate of drug-likeness (QED) is 0.119. The molecular formula is C46H43FN4OPd. The van der Waals surface area contributed by atoms with E-state index < -0.39 is 0 Å². The Labute approximate surface area is 324 Å². The van der Waals surface area contributed by atoms with Gasteiger partial charge in [0.2, 0.25) is 0 Å². The van der Waals surface area contributed by atoms with Gasteiger partial charge in [0, 0.05) is 46.7 Å². The largest absolute Gasteiger partial charge is 2.00 e. The van der Waals surface area contributed by atoms with E-state index in [1.54, 1.807) is 0 Å². The summed E-state index contributed by atoms with van der Waals surface area (Å²) in [5.41, 5.74) is 10.5. The summed E-state index contributed by atoms with van der Waals surface area (Å²) >= 11 is 0. The van der Waals surface area contributed by atoms with Crippen LogP contribution in [0.2, 0.25) is 0 Å². The van der Waals surface area contributed by atoms with E-state index in [1.807, 2.05) is 47.0 Å². The van der Waals surface area contributed by atoms with Crippen LogP contribution in [0.1, 0.15) is 98.6 Å². The number of nitrogens with zero attached hydrogens (tertiary/aromatic N) is 4. The summed E-state index contributed by atoms with van der Waals surface area (Å²) in [4.78, 5) is 4.51. The average molecular weight is 793 g/mol. The number of aromatic nitrogens is 4. The van der Waals surface area contributed by atoms with Gasteiger partial charge in [0.05, 0.1) is 11.4 Å². The van der Waals surface area contributed by atoms with Gasteiger partial charge in [0.1, 0.15) is 11.6 Å². The third-order valence-electron chi connectivity index (χ3n) is 11.4. The Morgan fingerprint density at radius 1 is 0.698 bits per heavy atom. The second kappa shape index (κ2) is 15.0. The summed E-state index contributed by atoms with van der Waals surface area (Å²) in [6, 6.07) is 34.8. The van der Waals surface area contributed by atoms with Crippen molar-refractivity contribution < 1.29 is 29.6 Å². The Bertz CT molecular complexity index is 2400. The molecule has 4 aromatic carbocycles. The maximum Gasteiger partial charge on any atom is 2.00 e. The third-order valence-corrected chi connectivity index (χ3v) is 11.4. The van der Waals surface area contributed by atoms with Crippen LogP contribution in [0, 0.1) is 31.8 Å². The van der Waals surface area contributed by atoms with E-state index in [-0.39, 0.29) is 26.2 Å². The van der Waals surface area contributed by atoms with Crippen LogP contribution in [0.4, 0.5) is 4.39 Å². The van der Waals surface area contributed by atoms with Crippen molar-refractivity contribution in [3.05, 3.63) is 132 Å². The van der Waals surface area contributed by atoms with E-state index >= 15 is 0 Å². The molecule has 0 aliphatic heterocycles. The number of fused-ring (bicyclic) bond motifs is 3. The molecule has 270 valence electrons. The van der Waals surface area contributed by atoms with Crippen LogP contribution in [-0.4, -0.2) is 19.3 Å². The third kappa shape index (κ3) is 6.64. The molecule has 0 amide bonds. The monoisotopic (exact) mass is 792 g/mol. The van der Waals surface area contributed by atoms with E-state index in [4.69, 9.17) is 9.84 Å². The molecule has 2 aliphatic carbocycles. The minimum Gasteiger partial charge on any atom is -0.509 e. The molecule has 2 aliphatic rings. The van der Waals surface area contributed by atoms with E-state index in [9.17, 15) is 4.39 Å². The van der Waals surface area contributed by atoms with Crippen molar-refractivity contribution in [2.45, 2.75) is 89.9 Å². The number of hydrogen-bond donors (Lipinski definition) is 0. The van der Waals surface area contributed by atoms with Gasteiger partial charge in [-0.15, -0.1) is 35.7 Å². The van der Waals surface area contributed by atoms with Gasteiger partial charge in [-0.2, -0.15) is 17.2 Å². The number of halogens is 1. The molecular weight excluding hydrogens is 750 g/mol. The number of pyridine rings is 1. The predicted molar refractivity (Wildman–Crippen MR) is 206 cm³/mol. The molecule has 0 spiro atoms. The molecule has 0 unspecified atom stereocenters. The second-order valence-corrected chi connectivity index (χ2v) is 14.8. The summed E-state index contributed by atoms with van der Waals surface area (Å²) in [5, 5.41) is 7.62. The molecule has 2 saturated carbocycles. The van der Waals surface area contributed by atoms with Gasteiger partial charge in [0.25, 0.3) is 0 Å². The normalized spacial score (nSPS) is 15.5. The molecule has 53 heavy (non-hydrogen) atoms. The Morgan fingerprint density at radius 2 is 1.40 bits per heavy atom. The molecule has 3 heterocycles. The van der Waals surface area contributed by atoms with Crippen LogP contribution < -0.4 is 4.74 Å². The Balaban J connectivity index is 0.00000400. The zero-order chi connectivity index (χ0) is 35.2. The fourth-order valence-electron chi connectivity index (χ4n) is 8.94. The molecule has 3 aromatic heterocycles.